The van der Waals surface area contributed by atoms with Gasteiger partial charge in [0, 0.05) is 24.1 Å². The largest absolute Gasteiger partial charge is 0.348 e. The lowest BCUT2D eigenvalue weighted by Gasteiger charge is -2.22. The predicted molar refractivity (Wildman–Crippen MR) is 86.5 cm³/mol. The monoisotopic (exact) mass is 353 g/mol. The summed E-state index contributed by atoms with van der Waals surface area (Å²) in [5.74, 6) is 0.357. The van der Waals surface area contributed by atoms with Crippen molar-refractivity contribution >= 4 is 5.91 Å². The van der Waals surface area contributed by atoms with Crippen LogP contribution in [-0.4, -0.2) is 43.2 Å². The number of rotatable bonds is 3. The van der Waals surface area contributed by atoms with Crippen LogP contribution in [0.4, 0.5) is 8.78 Å². The molecule has 25 heavy (non-hydrogen) atoms. The Labute approximate surface area is 144 Å². The topological polar surface area (TPSA) is 92.9 Å². The molecule has 0 aromatic carbocycles. The average molecular weight is 353 g/mol. The number of alkyl halides is 2. The SMILES string of the molecule is Cc1cc(C(=O)NC2CCCCC2)nc(-n2ccnc2)n1.OC(F)F. The number of aromatic nitrogens is 4. The summed E-state index contributed by atoms with van der Waals surface area (Å²) in [6.07, 6.45) is 10.8. The van der Waals surface area contributed by atoms with Crippen molar-refractivity contribution in [1.82, 2.24) is 24.8 Å². The number of carbonyl (C=O) groups is 1. The first-order chi connectivity index (χ1) is 12.0. The van der Waals surface area contributed by atoms with Crippen molar-refractivity contribution in [1.29, 1.82) is 0 Å². The van der Waals surface area contributed by atoms with Gasteiger partial charge in [0.2, 0.25) is 5.95 Å². The Balaban J connectivity index is 0.000000511. The van der Waals surface area contributed by atoms with Crippen LogP contribution < -0.4 is 5.32 Å². The highest BCUT2D eigenvalue weighted by Crippen LogP contribution is 2.17. The van der Waals surface area contributed by atoms with Gasteiger partial charge in [-0.25, -0.2) is 15.0 Å². The van der Waals surface area contributed by atoms with Gasteiger partial charge in [-0.3, -0.25) is 9.36 Å². The zero-order valence-corrected chi connectivity index (χ0v) is 13.9. The van der Waals surface area contributed by atoms with Crippen LogP contribution in [0.2, 0.25) is 0 Å². The molecule has 7 nitrogen and oxygen atoms in total. The molecule has 0 spiro atoms. The first kappa shape index (κ1) is 18.9. The van der Waals surface area contributed by atoms with Crippen molar-refractivity contribution in [2.24, 2.45) is 0 Å². The van der Waals surface area contributed by atoms with Crippen molar-refractivity contribution in [3.8, 4) is 5.95 Å². The number of aliphatic hydroxyl groups excluding tert-OH is 1. The first-order valence-corrected chi connectivity index (χ1v) is 8.07. The minimum Gasteiger partial charge on any atom is -0.348 e. The third-order valence-corrected chi connectivity index (χ3v) is 3.75. The van der Waals surface area contributed by atoms with E-state index in [1.807, 2.05) is 6.92 Å². The summed E-state index contributed by atoms with van der Waals surface area (Å²) in [5, 5.41) is 9.80. The number of hydrogen-bond acceptors (Lipinski definition) is 5. The summed E-state index contributed by atoms with van der Waals surface area (Å²) >= 11 is 0. The number of imidazole rings is 1. The molecule has 1 saturated carbocycles. The van der Waals surface area contributed by atoms with Crippen LogP contribution in [0.1, 0.15) is 48.3 Å². The van der Waals surface area contributed by atoms with E-state index in [1.54, 1.807) is 29.4 Å². The van der Waals surface area contributed by atoms with Gasteiger partial charge in [-0.15, -0.1) is 0 Å². The van der Waals surface area contributed by atoms with Gasteiger partial charge < -0.3 is 10.4 Å². The van der Waals surface area contributed by atoms with Gasteiger partial charge in [0.15, 0.2) is 0 Å². The Morgan fingerprint density at radius 3 is 2.60 bits per heavy atom. The summed E-state index contributed by atoms with van der Waals surface area (Å²) in [6.45, 7) is -1.31. The summed E-state index contributed by atoms with van der Waals surface area (Å²) in [7, 11) is 0. The van der Waals surface area contributed by atoms with E-state index in [0.717, 1.165) is 18.5 Å². The maximum Gasteiger partial charge on any atom is 0.342 e. The second-order valence-electron chi connectivity index (χ2n) is 5.75. The van der Waals surface area contributed by atoms with Crippen molar-refractivity contribution in [3.63, 3.8) is 0 Å². The van der Waals surface area contributed by atoms with E-state index in [4.69, 9.17) is 5.11 Å². The lowest BCUT2D eigenvalue weighted by Crippen LogP contribution is -2.36. The fourth-order valence-electron chi connectivity index (χ4n) is 2.67. The second kappa shape index (κ2) is 9.16. The molecular formula is C16H21F2N5O2. The smallest absolute Gasteiger partial charge is 0.342 e. The van der Waals surface area contributed by atoms with E-state index in [2.05, 4.69) is 20.3 Å². The molecule has 1 fully saturated rings. The van der Waals surface area contributed by atoms with Gasteiger partial charge in [-0.05, 0) is 25.8 Å². The van der Waals surface area contributed by atoms with Gasteiger partial charge in [0.25, 0.3) is 5.91 Å². The van der Waals surface area contributed by atoms with E-state index < -0.39 is 6.61 Å². The van der Waals surface area contributed by atoms with Crippen LogP contribution in [0.25, 0.3) is 5.95 Å². The van der Waals surface area contributed by atoms with Crippen molar-refractivity contribution in [2.45, 2.75) is 51.7 Å². The maximum atomic E-state index is 12.4. The van der Waals surface area contributed by atoms with Gasteiger partial charge in [-0.2, -0.15) is 8.78 Å². The molecule has 136 valence electrons. The highest BCUT2D eigenvalue weighted by molar-refractivity contribution is 5.92. The highest BCUT2D eigenvalue weighted by atomic mass is 19.3. The molecule has 2 aromatic heterocycles. The van der Waals surface area contributed by atoms with E-state index in [0.29, 0.717) is 11.6 Å². The van der Waals surface area contributed by atoms with Crippen molar-refractivity contribution in [2.75, 3.05) is 0 Å². The molecule has 0 saturated heterocycles. The van der Waals surface area contributed by atoms with Crippen LogP contribution in [0.15, 0.2) is 24.8 Å². The number of aryl methyl sites for hydroxylation is 1. The van der Waals surface area contributed by atoms with Crippen LogP contribution in [0, 0.1) is 6.92 Å². The molecule has 0 radical (unpaired) electrons. The molecule has 1 aliphatic carbocycles. The molecule has 2 heterocycles. The molecule has 2 N–H and O–H groups in total. The third kappa shape index (κ3) is 6.18. The average Bonchev–Trinajstić information content (AvgIpc) is 3.09. The van der Waals surface area contributed by atoms with Gasteiger partial charge >= 0.3 is 6.61 Å². The van der Waals surface area contributed by atoms with Crippen LogP contribution >= 0.6 is 0 Å². The molecule has 0 unspecified atom stereocenters. The van der Waals surface area contributed by atoms with Crippen molar-refractivity contribution < 1.29 is 18.7 Å². The van der Waals surface area contributed by atoms with E-state index in [-0.39, 0.29) is 11.9 Å². The Morgan fingerprint density at radius 2 is 2.00 bits per heavy atom. The van der Waals surface area contributed by atoms with Gasteiger partial charge in [0.1, 0.15) is 12.0 Å². The van der Waals surface area contributed by atoms with Crippen molar-refractivity contribution in [3.05, 3.63) is 36.2 Å². The number of hydrogen-bond donors (Lipinski definition) is 2. The van der Waals surface area contributed by atoms with Gasteiger partial charge in [0.05, 0.1) is 0 Å². The molecule has 0 atom stereocenters. The fraction of sp³-hybridized carbons (Fsp3) is 0.500. The molecule has 9 heteroatoms. The Hall–Kier alpha value is -2.42. The first-order valence-electron chi connectivity index (χ1n) is 8.07. The van der Waals surface area contributed by atoms with Crippen LogP contribution in [0.3, 0.4) is 0 Å². The molecule has 3 rings (SSSR count). The summed E-state index contributed by atoms with van der Waals surface area (Å²) < 4.78 is 21.5. The molecule has 0 aliphatic heterocycles. The lowest BCUT2D eigenvalue weighted by atomic mass is 9.95. The summed E-state index contributed by atoms with van der Waals surface area (Å²) in [5.41, 5.74) is 1.18. The van der Waals surface area contributed by atoms with E-state index >= 15 is 0 Å². The molecule has 1 amide bonds. The number of aliphatic hydroxyl groups is 1. The van der Waals surface area contributed by atoms with Crippen LogP contribution in [-0.2, 0) is 0 Å². The second-order valence-corrected chi connectivity index (χ2v) is 5.75. The zero-order valence-electron chi connectivity index (χ0n) is 13.9. The zero-order chi connectivity index (χ0) is 18.2. The number of nitrogens with zero attached hydrogens (tertiary/aromatic N) is 4. The highest BCUT2D eigenvalue weighted by Gasteiger charge is 2.18. The minimum atomic E-state index is -3.17. The summed E-state index contributed by atoms with van der Waals surface area (Å²) in [6, 6.07) is 2.00. The standard InChI is InChI=1S/C15H19N5O.CH2F2O/c1-11-9-13(14(21)18-12-5-3-2-4-6-12)19-15(17-11)20-8-7-16-10-20;2-1(3)4/h7-10,12H,2-6H2,1H3,(H,18,21);1,4H. The normalized spacial score (nSPS) is 14.8. The number of carbonyl (C=O) groups excluding carboxylic acids is 1. The van der Waals surface area contributed by atoms with E-state index in [1.165, 1.54) is 19.3 Å². The Morgan fingerprint density at radius 1 is 1.32 bits per heavy atom. The van der Waals surface area contributed by atoms with Gasteiger partial charge in [-0.1, -0.05) is 19.3 Å². The van der Waals surface area contributed by atoms with Crippen LogP contribution in [0.5, 0.6) is 0 Å². The minimum absolute atomic E-state index is 0.117. The maximum absolute atomic E-state index is 12.4. The third-order valence-electron chi connectivity index (χ3n) is 3.75. The number of halogens is 2. The van der Waals surface area contributed by atoms with E-state index in [9.17, 15) is 13.6 Å². The quantitative estimate of drug-likeness (QED) is 0.883. The number of amides is 1. The predicted octanol–water partition coefficient (Wildman–Crippen LogP) is 2.23. The molecular weight excluding hydrogens is 332 g/mol. The number of nitrogens with one attached hydrogen (secondary N) is 1. The lowest BCUT2D eigenvalue weighted by molar-refractivity contribution is -0.0728. The Kier molecular flexibility index (Phi) is 6.93. The molecule has 2 aromatic rings. The fourth-order valence-corrected chi connectivity index (χ4v) is 2.67. The molecule has 1 aliphatic rings. The summed E-state index contributed by atoms with van der Waals surface area (Å²) in [4.78, 5) is 25.0. The Bertz CT molecular complexity index is 670. The molecule has 0 bridgehead atoms.